The minimum absolute atomic E-state index is 0.0599. The first-order valence-corrected chi connectivity index (χ1v) is 7.80. The summed E-state index contributed by atoms with van der Waals surface area (Å²) in [5.41, 5.74) is 1.16. The van der Waals surface area contributed by atoms with Gasteiger partial charge in [-0.15, -0.1) is 0 Å². The highest BCUT2D eigenvalue weighted by atomic mass is 16.5. The van der Waals surface area contributed by atoms with E-state index in [0.717, 1.165) is 24.5 Å². The molecular formula is C17H22N4O2. The van der Waals surface area contributed by atoms with Crippen LogP contribution in [0.2, 0.25) is 0 Å². The zero-order chi connectivity index (χ0) is 16.2. The monoisotopic (exact) mass is 314 g/mol. The van der Waals surface area contributed by atoms with Crippen molar-refractivity contribution in [3.63, 3.8) is 0 Å². The molecule has 6 heteroatoms. The lowest BCUT2D eigenvalue weighted by atomic mass is 10.2. The second-order valence-electron chi connectivity index (χ2n) is 5.53. The second-order valence-corrected chi connectivity index (χ2v) is 5.53. The van der Waals surface area contributed by atoms with E-state index in [0.29, 0.717) is 18.4 Å². The van der Waals surface area contributed by atoms with Crippen molar-refractivity contribution in [3.8, 4) is 11.6 Å². The van der Waals surface area contributed by atoms with E-state index < -0.39 is 0 Å². The van der Waals surface area contributed by atoms with E-state index in [-0.39, 0.29) is 6.10 Å². The lowest BCUT2D eigenvalue weighted by Gasteiger charge is -2.37. The number of rotatable bonds is 5. The molecule has 122 valence electrons. The van der Waals surface area contributed by atoms with Gasteiger partial charge in [0, 0.05) is 25.9 Å². The van der Waals surface area contributed by atoms with Crippen LogP contribution in [0.1, 0.15) is 6.92 Å². The molecule has 1 aliphatic rings. The number of ether oxygens (including phenoxy) is 2. The van der Waals surface area contributed by atoms with E-state index in [1.807, 2.05) is 30.1 Å². The maximum absolute atomic E-state index is 6.14. The molecule has 2 aromatic rings. The highest BCUT2D eigenvalue weighted by molar-refractivity contribution is 5.60. The summed E-state index contributed by atoms with van der Waals surface area (Å²) < 4.78 is 11.3. The third-order valence-corrected chi connectivity index (χ3v) is 3.95. The molecule has 0 spiro atoms. The van der Waals surface area contributed by atoms with Crippen LogP contribution in [0.3, 0.4) is 0 Å². The van der Waals surface area contributed by atoms with Gasteiger partial charge in [0.1, 0.15) is 11.9 Å². The Balaban J connectivity index is 1.73. The van der Waals surface area contributed by atoms with Gasteiger partial charge in [0.2, 0.25) is 11.8 Å². The molecule has 1 aromatic heterocycles. The Bertz CT molecular complexity index is 665. The van der Waals surface area contributed by atoms with Gasteiger partial charge in [0.15, 0.2) is 0 Å². The van der Waals surface area contributed by atoms with Gasteiger partial charge >= 0.3 is 0 Å². The Morgan fingerprint density at radius 3 is 2.96 bits per heavy atom. The summed E-state index contributed by atoms with van der Waals surface area (Å²) in [5, 5.41) is 0. The first kappa shape index (κ1) is 15.4. The first-order valence-electron chi connectivity index (χ1n) is 7.80. The van der Waals surface area contributed by atoms with E-state index in [9.17, 15) is 0 Å². The third-order valence-electron chi connectivity index (χ3n) is 3.95. The highest BCUT2D eigenvalue weighted by Crippen LogP contribution is 2.33. The van der Waals surface area contributed by atoms with Crippen LogP contribution >= 0.6 is 0 Å². The zero-order valence-corrected chi connectivity index (χ0v) is 13.8. The molecule has 0 saturated carbocycles. The van der Waals surface area contributed by atoms with Crippen LogP contribution in [-0.2, 0) is 0 Å². The van der Waals surface area contributed by atoms with Crippen LogP contribution < -0.4 is 19.3 Å². The van der Waals surface area contributed by atoms with E-state index in [1.165, 1.54) is 0 Å². The quantitative estimate of drug-likeness (QED) is 0.843. The largest absolute Gasteiger partial charge is 0.485 e. The SMILES string of the molecule is CCN1C[C@H](CN(C)c2nccc(OC)n2)Oc2ccccc21. The summed E-state index contributed by atoms with van der Waals surface area (Å²) in [6.07, 6.45) is 1.76. The van der Waals surface area contributed by atoms with Gasteiger partial charge in [0.25, 0.3) is 0 Å². The molecular weight excluding hydrogens is 292 g/mol. The molecule has 0 amide bonds. The molecule has 0 saturated heterocycles. The number of nitrogens with zero attached hydrogens (tertiary/aromatic N) is 4. The Morgan fingerprint density at radius 2 is 2.17 bits per heavy atom. The Kier molecular flexibility index (Phi) is 4.50. The minimum atomic E-state index is 0.0599. The number of benzene rings is 1. The number of fused-ring (bicyclic) bond motifs is 1. The fourth-order valence-electron chi connectivity index (χ4n) is 2.79. The van der Waals surface area contributed by atoms with Crippen molar-refractivity contribution >= 4 is 11.6 Å². The van der Waals surface area contributed by atoms with E-state index >= 15 is 0 Å². The molecule has 0 unspecified atom stereocenters. The van der Waals surface area contributed by atoms with Crippen LogP contribution in [0.5, 0.6) is 11.6 Å². The third kappa shape index (κ3) is 3.31. The Morgan fingerprint density at radius 1 is 1.35 bits per heavy atom. The average Bonchev–Trinajstić information content (AvgIpc) is 2.61. The van der Waals surface area contributed by atoms with Crippen LogP contribution in [0.4, 0.5) is 11.6 Å². The predicted octanol–water partition coefficient (Wildman–Crippen LogP) is 2.21. The summed E-state index contributed by atoms with van der Waals surface area (Å²) in [6.45, 7) is 4.67. The maximum atomic E-state index is 6.14. The summed E-state index contributed by atoms with van der Waals surface area (Å²) in [5.74, 6) is 2.13. The standard InChI is InChI=1S/C17H22N4O2/c1-4-21-12-13(23-15-8-6-5-7-14(15)21)11-20(2)17-18-10-9-16(19-17)22-3/h5-10,13H,4,11-12H2,1-3H3/t13-/m0/s1. The molecule has 1 aliphatic heterocycles. The highest BCUT2D eigenvalue weighted by Gasteiger charge is 2.26. The summed E-state index contributed by atoms with van der Waals surface area (Å²) in [7, 11) is 3.57. The molecule has 3 rings (SSSR count). The number of hydrogen-bond donors (Lipinski definition) is 0. The summed E-state index contributed by atoms with van der Waals surface area (Å²) in [4.78, 5) is 13.0. The lowest BCUT2D eigenvalue weighted by Crippen LogP contribution is -2.46. The van der Waals surface area contributed by atoms with Crippen molar-refractivity contribution < 1.29 is 9.47 Å². The minimum Gasteiger partial charge on any atom is -0.485 e. The molecule has 0 radical (unpaired) electrons. The van der Waals surface area contributed by atoms with Crippen molar-refractivity contribution in [1.82, 2.24) is 9.97 Å². The average molecular weight is 314 g/mol. The lowest BCUT2D eigenvalue weighted by molar-refractivity contribution is 0.199. The molecule has 0 N–H and O–H groups in total. The number of aromatic nitrogens is 2. The van der Waals surface area contributed by atoms with Gasteiger partial charge in [-0.3, -0.25) is 0 Å². The van der Waals surface area contributed by atoms with Crippen molar-refractivity contribution in [2.45, 2.75) is 13.0 Å². The van der Waals surface area contributed by atoms with Gasteiger partial charge in [-0.25, -0.2) is 4.98 Å². The van der Waals surface area contributed by atoms with E-state index in [2.05, 4.69) is 27.9 Å². The molecule has 2 heterocycles. The normalized spacial score (nSPS) is 16.5. The Labute approximate surface area is 136 Å². The van der Waals surface area contributed by atoms with Crippen molar-refractivity contribution in [1.29, 1.82) is 0 Å². The van der Waals surface area contributed by atoms with Crippen LogP contribution in [0.15, 0.2) is 36.5 Å². The van der Waals surface area contributed by atoms with Crippen molar-refractivity contribution in [2.24, 2.45) is 0 Å². The van der Waals surface area contributed by atoms with E-state index in [1.54, 1.807) is 19.4 Å². The van der Waals surface area contributed by atoms with Gasteiger partial charge in [-0.05, 0) is 19.1 Å². The molecule has 0 bridgehead atoms. The topological polar surface area (TPSA) is 50.7 Å². The molecule has 0 aliphatic carbocycles. The summed E-state index contributed by atoms with van der Waals surface area (Å²) in [6, 6.07) is 9.91. The number of likely N-dealkylation sites (N-methyl/N-ethyl adjacent to an activating group) is 2. The molecule has 1 aromatic carbocycles. The van der Waals surface area contributed by atoms with Gasteiger partial charge in [-0.2, -0.15) is 4.98 Å². The van der Waals surface area contributed by atoms with Gasteiger partial charge in [-0.1, -0.05) is 12.1 Å². The van der Waals surface area contributed by atoms with Gasteiger partial charge < -0.3 is 19.3 Å². The summed E-state index contributed by atoms with van der Waals surface area (Å²) >= 11 is 0. The number of para-hydroxylation sites is 2. The number of hydrogen-bond acceptors (Lipinski definition) is 6. The molecule has 0 fully saturated rings. The molecule has 6 nitrogen and oxygen atoms in total. The number of anilines is 2. The van der Waals surface area contributed by atoms with Crippen molar-refractivity contribution in [3.05, 3.63) is 36.5 Å². The van der Waals surface area contributed by atoms with Gasteiger partial charge in [0.05, 0.1) is 25.9 Å². The van der Waals surface area contributed by atoms with Crippen LogP contribution in [0, 0.1) is 0 Å². The molecule has 23 heavy (non-hydrogen) atoms. The second kappa shape index (κ2) is 6.73. The fraction of sp³-hybridized carbons (Fsp3) is 0.412. The first-order chi connectivity index (χ1) is 11.2. The van der Waals surface area contributed by atoms with Crippen LogP contribution in [-0.4, -0.2) is 49.9 Å². The smallest absolute Gasteiger partial charge is 0.228 e. The maximum Gasteiger partial charge on any atom is 0.228 e. The Hall–Kier alpha value is -2.50. The number of methoxy groups -OCH3 is 1. The van der Waals surface area contributed by atoms with Crippen LogP contribution in [0.25, 0.3) is 0 Å². The van der Waals surface area contributed by atoms with Crippen molar-refractivity contribution in [2.75, 3.05) is 43.6 Å². The zero-order valence-electron chi connectivity index (χ0n) is 13.8. The fourth-order valence-corrected chi connectivity index (χ4v) is 2.79. The molecule has 1 atom stereocenters. The van der Waals surface area contributed by atoms with E-state index in [4.69, 9.17) is 9.47 Å². The predicted molar refractivity (Wildman–Crippen MR) is 90.6 cm³/mol.